The molecule has 0 bridgehead atoms. The molecule has 0 saturated carbocycles. The Labute approximate surface area is 574 Å². The van der Waals surface area contributed by atoms with Gasteiger partial charge in [-0.15, -0.1) is 0 Å². The summed E-state index contributed by atoms with van der Waals surface area (Å²) in [7, 11) is -1.15. The summed E-state index contributed by atoms with van der Waals surface area (Å²) in [5, 5.41) is 0. The molecule has 6 heteroatoms. The lowest BCUT2D eigenvalue weighted by Gasteiger charge is -2.18. The summed E-state index contributed by atoms with van der Waals surface area (Å²) >= 11 is 1.89. The lowest BCUT2D eigenvalue weighted by atomic mass is 10.0. The summed E-state index contributed by atoms with van der Waals surface area (Å²) in [6.07, 6.45) is 91.1. The summed E-state index contributed by atoms with van der Waals surface area (Å²) in [6.45, 7) is 7.54. The third kappa shape index (κ3) is 61.6. The number of benzene rings is 2. The molecule has 530 valence electrons. The topological polar surface area (TPSA) is 44.8 Å². The Kier molecular flexibility index (Phi) is 66.7. The predicted octanol–water partition coefficient (Wildman–Crippen LogP) is 31.1. The Bertz CT molecular complexity index is 1640. The maximum atomic E-state index is 12.2. The SMILES string of the molecule is CCCCCCCCCCCCCCCCCCOC(=O)CCCCCCCCCCCCCCCCCCSP(Oc1ccc(CCCCCCCCCCCCCCCCCC)cc1)Oc1ccc(CCCCCCCCCCCCCCCCCC)cc1. The molecule has 0 aliphatic rings. The van der Waals surface area contributed by atoms with Gasteiger partial charge in [-0.1, -0.05) is 424 Å². The van der Waals surface area contributed by atoms with E-state index >= 15 is 0 Å². The number of hydrogen-bond acceptors (Lipinski definition) is 5. The van der Waals surface area contributed by atoms with E-state index in [0.29, 0.717) is 13.0 Å². The molecular formula is C85H155O4PS. The van der Waals surface area contributed by atoms with Crippen molar-refractivity contribution in [3.05, 3.63) is 59.7 Å². The van der Waals surface area contributed by atoms with Crippen molar-refractivity contribution in [1.82, 2.24) is 0 Å². The van der Waals surface area contributed by atoms with Crippen molar-refractivity contribution in [2.24, 2.45) is 0 Å². The van der Waals surface area contributed by atoms with Crippen LogP contribution in [0.15, 0.2) is 48.5 Å². The number of carbonyl (C=O) groups is 1. The van der Waals surface area contributed by atoms with Gasteiger partial charge in [0.15, 0.2) is 0 Å². The Morgan fingerprint density at radius 1 is 0.275 bits per heavy atom. The van der Waals surface area contributed by atoms with E-state index in [-0.39, 0.29) is 5.97 Å². The first-order valence-corrected chi connectivity index (χ1v) is 44.0. The third-order valence-corrected chi connectivity index (χ3v) is 22.6. The van der Waals surface area contributed by atoms with Gasteiger partial charge in [-0.05, 0) is 91.7 Å². The number of unbranched alkanes of at least 4 members (excludes halogenated alkanes) is 60. The molecule has 0 heterocycles. The summed E-state index contributed by atoms with van der Waals surface area (Å²) < 4.78 is 18.9. The van der Waals surface area contributed by atoms with Crippen LogP contribution in [0.5, 0.6) is 11.5 Å². The van der Waals surface area contributed by atoms with Gasteiger partial charge >= 0.3 is 13.5 Å². The highest BCUT2D eigenvalue weighted by atomic mass is 32.7. The highest BCUT2D eigenvalue weighted by Crippen LogP contribution is 2.52. The van der Waals surface area contributed by atoms with Crippen molar-refractivity contribution < 1.29 is 18.6 Å². The highest BCUT2D eigenvalue weighted by molar-refractivity contribution is 8.53. The number of aryl methyl sites for hydroxylation is 2. The molecule has 0 atom stereocenters. The summed E-state index contributed by atoms with van der Waals surface area (Å²) in [5.74, 6) is 2.98. The van der Waals surface area contributed by atoms with Crippen LogP contribution in [0.3, 0.4) is 0 Å². The van der Waals surface area contributed by atoms with Crippen molar-refractivity contribution in [3.8, 4) is 11.5 Å². The first kappa shape index (κ1) is 85.4. The molecule has 0 aromatic heterocycles. The van der Waals surface area contributed by atoms with Gasteiger partial charge in [0.25, 0.3) is 0 Å². The molecule has 0 amide bonds. The fourth-order valence-corrected chi connectivity index (χ4v) is 16.2. The summed E-state index contributed by atoms with van der Waals surface area (Å²) in [4.78, 5) is 12.2. The molecule has 2 rings (SSSR count). The molecule has 4 nitrogen and oxygen atoms in total. The van der Waals surface area contributed by atoms with Gasteiger partial charge in [0, 0.05) is 12.2 Å². The first-order chi connectivity index (χ1) is 45.1. The number of rotatable bonds is 75. The smallest absolute Gasteiger partial charge is 0.360 e. The van der Waals surface area contributed by atoms with Crippen molar-refractivity contribution in [1.29, 1.82) is 0 Å². The van der Waals surface area contributed by atoms with Gasteiger partial charge in [-0.2, -0.15) is 0 Å². The zero-order chi connectivity index (χ0) is 64.7. The van der Waals surface area contributed by atoms with Crippen molar-refractivity contribution >= 4 is 24.9 Å². The maximum absolute atomic E-state index is 12.2. The molecule has 0 aliphatic carbocycles. The fourth-order valence-electron chi connectivity index (χ4n) is 13.3. The minimum atomic E-state index is -1.15. The molecular weight excluding hydrogens is 1150 g/mol. The van der Waals surface area contributed by atoms with E-state index < -0.39 is 7.58 Å². The summed E-state index contributed by atoms with van der Waals surface area (Å²) in [5.41, 5.74) is 2.85. The van der Waals surface area contributed by atoms with E-state index in [2.05, 4.69) is 69.3 Å². The molecule has 0 saturated heterocycles. The van der Waals surface area contributed by atoms with Gasteiger partial charge in [0.1, 0.15) is 11.5 Å². The van der Waals surface area contributed by atoms with E-state index in [1.165, 1.54) is 409 Å². The van der Waals surface area contributed by atoms with Crippen molar-refractivity contribution in [2.75, 3.05) is 12.4 Å². The number of esters is 1. The minimum Gasteiger partial charge on any atom is -0.466 e. The lowest BCUT2D eigenvalue weighted by molar-refractivity contribution is -0.143. The number of carbonyl (C=O) groups excluding carboxylic acids is 1. The number of hydrogen-bond donors (Lipinski definition) is 0. The van der Waals surface area contributed by atoms with Crippen LogP contribution in [0.2, 0.25) is 0 Å². The molecule has 0 fully saturated rings. The molecule has 2 aromatic carbocycles. The van der Waals surface area contributed by atoms with Crippen LogP contribution in [-0.4, -0.2) is 18.3 Å². The molecule has 0 spiro atoms. The zero-order valence-corrected chi connectivity index (χ0v) is 63.1. The fraction of sp³-hybridized carbons (Fsp3) is 0.847. The average Bonchev–Trinajstić information content (AvgIpc) is 3.77. The van der Waals surface area contributed by atoms with E-state index in [0.717, 1.165) is 42.9 Å². The van der Waals surface area contributed by atoms with E-state index in [4.69, 9.17) is 13.8 Å². The highest BCUT2D eigenvalue weighted by Gasteiger charge is 2.17. The molecule has 0 aliphatic heterocycles. The lowest BCUT2D eigenvalue weighted by Crippen LogP contribution is -2.05. The van der Waals surface area contributed by atoms with Crippen LogP contribution in [0, 0.1) is 0 Å². The van der Waals surface area contributed by atoms with Crippen LogP contribution in [0.4, 0.5) is 0 Å². The normalized spacial score (nSPS) is 11.6. The maximum Gasteiger partial charge on any atom is 0.360 e. The van der Waals surface area contributed by atoms with Crippen LogP contribution >= 0.6 is 19.0 Å². The molecule has 91 heavy (non-hydrogen) atoms. The standard InChI is InChI=1S/C85H155O4PS/c1-4-7-10-13-16-19-22-25-28-33-38-43-48-53-58-63-68-81-71-75-83(76-72-81)88-90(89-84-77-73-82(74-78-84)69-64-59-54-49-44-39-34-29-26-23-20-17-14-11-8-5-2)91-80-67-62-57-52-47-42-37-32-31-35-40-45-50-55-60-65-70-85(86)87-79-66-61-56-51-46-41-36-30-27-24-21-18-15-12-9-6-3/h71-78H,4-70,79-80H2,1-3H3. The summed E-state index contributed by atoms with van der Waals surface area (Å²) in [6, 6.07) is 17.9. The molecule has 0 unspecified atom stereocenters. The van der Waals surface area contributed by atoms with E-state index in [1.807, 2.05) is 11.4 Å². The second-order valence-electron chi connectivity index (χ2n) is 28.6. The van der Waals surface area contributed by atoms with Gasteiger partial charge in [-0.25, -0.2) is 0 Å². The minimum absolute atomic E-state index is 0.0239. The van der Waals surface area contributed by atoms with E-state index in [1.54, 1.807) is 0 Å². The van der Waals surface area contributed by atoms with Crippen LogP contribution < -0.4 is 9.05 Å². The van der Waals surface area contributed by atoms with Gasteiger partial charge in [0.05, 0.1) is 6.61 Å². The molecule has 0 radical (unpaired) electrons. The quantitative estimate of drug-likeness (QED) is 0.0375. The van der Waals surface area contributed by atoms with Crippen LogP contribution in [0.1, 0.15) is 449 Å². The number of ether oxygens (including phenoxy) is 1. The first-order valence-electron chi connectivity index (χ1n) is 41.3. The monoisotopic (exact) mass is 1300 g/mol. The van der Waals surface area contributed by atoms with Crippen molar-refractivity contribution in [2.45, 2.75) is 451 Å². The zero-order valence-electron chi connectivity index (χ0n) is 61.4. The second-order valence-corrected chi connectivity index (χ2v) is 31.7. The van der Waals surface area contributed by atoms with Gasteiger partial charge < -0.3 is 13.8 Å². The third-order valence-electron chi connectivity index (χ3n) is 19.6. The van der Waals surface area contributed by atoms with Crippen molar-refractivity contribution in [3.63, 3.8) is 0 Å². The van der Waals surface area contributed by atoms with Gasteiger partial charge in [0.2, 0.25) is 0 Å². The average molecular weight is 1300 g/mol. The predicted molar refractivity (Wildman–Crippen MR) is 409 cm³/mol. The van der Waals surface area contributed by atoms with Crippen LogP contribution in [0.25, 0.3) is 0 Å². The van der Waals surface area contributed by atoms with Gasteiger partial charge in [-0.3, -0.25) is 4.79 Å². The van der Waals surface area contributed by atoms with E-state index in [9.17, 15) is 4.79 Å². The second kappa shape index (κ2) is 71.1. The van der Waals surface area contributed by atoms with Crippen LogP contribution in [-0.2, 0) is 22.4 Å². The Morgan fingerprint density at radius 2 is 0.495 bits per heavy atom. The Balaban J connectivity index is 1.53. The largest absolute Gasteiger partial charge is 0.466 e. The Hall–Kier alpha value is -1.71. The Morgan fingerprint density at radius 3 is 0.758 bits per heavy atom. The molecule has 0 N–H and O–H groups in total. The molecule has 2 aromatic rings.